The molecular weight excluding hydrogens is 334 g/mol. The highest BCUT2D eigenvalue weighted by atomic mass is 79.9. The van der Waals surface area contributed by atoms with E-state index in [1.165, 1.54) is 0 Å². The van der Waals surface area contributed by atoms with Crippen LogP contribution in [0.15, 0.2) is 22.7 Å². The van der Waals surface area contributed by atoms with E-state index in [0.29, 0.717) is 10.7 Å². The molecule has 0 bridgehead atoms. The Balaban J connectivity index is 2.53. The van der Waals surface area contributed by atoms with E-state index in [4.69, 9.17) is 11.6 Å². The van der Waals surface area contributed by atoms with Gasteiger partial charge in [-0.1, -0.05) is 40.9 Å². The molecule has 100 valence electrons. The second-order valence-corrected chi connectivity index (χ2v) is 6.75. The summed E-state index contributed by atoms with van der Waals surface area (Å²) >= 11 is 11.1. The van der Waals surface area contributed by atoms with Crippen LogP contribution in [-0.2, 0) is 4.79 Å². The summed E-state index contributed by atoms with van der Waals surface area (Å²) in [5, 5.41) is 3.34. The monoisotopic (exact) mass is 349 g/mol. The number of unbranched alkanes of at least 4 members (excludes halogenated alkanes) is 1. The second-order valence-electron chi connectivity index (χ2n) is 3.98. The minimum absolute atomic E-state index is 0.000301. The molecule has 1 aromatic carbocycles. The molecule has 1 amide bonds. The molecule has 1 unspecified atom stereocenters. The van der Waals surface area contributed by atoms with Crippen molar-refractivity contribution in [2.45, 2.75) is 31.9 Å². The van der Waals surface area contributed by atoms with Crippen LogP contribution in [0.25, 0.3) is 0 Å². The molecule has 1 rings (SSSR count). The van der Waals surface area contributed by atoms with Gasteiger partial charge in [-0.15, -0.1) is 11.8 Å². The standard InChI is InChI=1S/C13H17BrClNOS/c1-3-4-7-18-9(2)13(17)16-12-6-5-10(14)8-11(12)15/h5-6,8-9H,3-4,7H2,1-2H3,(H,16,17). The molecule has 0 aliphatic carbocycles. The maximum absolute atomic E-state index is 11.9. The molecule has 5 heteroatoms. The number of anilines is 1. The third kappa shape index (κ3) is 5.21. The van der Waals surface area contributed by atoms with Gasteiger partial charge in [-0.25, -0.2) is 0 Å². The number of carbonyl (C=O) groups excluding carboxylic acids is 1. The molecule has 0 radical (unpaired) electrons. The molecule has 0 saturated carbocycles. The van der Waals surface area contributed by atoms with Gasteiger partial charge in [-0.3, -0.25) is 4.79 Å². The zero-order valence-corrected chi connectivity index (χ0v) is 13.7. The SMILES string of the molecule is CCCCSC(C)C(=O)Nc1ccc(Br)cc1Cl. The smallest absolute Gasteiger partial charge is 0.237 e. The van der Waals surface area contributed by atoms with Crippen molar-refractivity contribution in [3.63, 3.8) is 0 Å². The largest absolute Gasteiger partial charge is 0.324 e. The van der Waals surface area contributed by atoms with Crippen LogP contribution in [0.2, 0.25) is 5.02 Å². The molecule has 1 aromatic rings. The first-order valence-electron chi connectivity index (χ1n) is 5.92. The maximum Gasteiger partial charge on any atom is 0.237 e. The Labute approximate surface area is 126 Å². The van der Waals surface area contributed by atoms with Gasteiger partial charge < -0.3 is 5.32 Å². The van der Waals surface area contributed by atoms with Crippen molar-refractivity contribution < 1.29 is 4.79 Å². The number of hydrogen-bond donors (Lipinski definition) is 1. The van der Waals surface area contributed by atoms with E-state index in [-0.39, 0.29) is 11.2 Å². The molecule has 0 spiro atoms. The minimum atomic E-state index is -0.0590. The quantitative estimate of drug-likeness (QED) is 0.734. The van der Waals surface area contributed by atoms with E-state index in [1.54, 1.807) is 23.9 Å². The molecule has 0 aliphatic heterocycles. The van der Waals surface area contributed by atoms with Crippen LogP contribution in [0.4, 0.5) is 5.69 Å². The summed E-state index contributed by atoms with van der Waals surface area (Å²) in [6.07, 6.45) is 2.29. The number of rotatable bonds is 6. The van der Waals surface area contributed by atoms with Crippen molar-refractivity contribution in [3.05, 3.63) is 27.7 Å². The summed E-state index contributed by atoms with van der Waals surface area (Å²) in [5.41, 5.74) is 0.660. The molecule has 18 heavy (non-hydrogen) atoms. The summed E-state index contributed by atoms with van der Waals surface area (Å²) in [6, 6.07) is 5.43. The normalized spacial score (nSPS) is 12.2. The summed E-state index contributed by atoms with van der Waals surface area (Å²) in [4.78, 5) is 11.9. The highest BCUT2D eigenvalue weighted by molar-refractivity contribution is 9.10. The predicted molar refractivity (Wildman–Crippen MR) is 84.6 cm³/mol. The third-order valence-electron chi connectivity index (χ3n) is 2.42. The fourth-order valence-corrected chi connectivity index (χ4v) is 3.05. The van der Waals surface area contributed by atoms with Crippen LogP contribution in [0.1, 0.15) is 26.7 Å². The summed E-state index contributed by atoms with van der Waals surface area (Å²) in [5.74, 6) is 1.01. The van der Waals surface area contributed by atoms with Crippen LogP contribution in [-0.4, -0.2) is 16.9 Å². The lowest BCUT2D eigenvalue weighted by molar-refractivity contribution is -0.115. The number of hydrogen-bond acceptors (Lipinski definition) is 2. The van der Waals surface area contributed by atoms with Gasteiger partial charge in [-0.05, 0) is 37.3 Å². The summed E-state index contributed by atoms with van der Waals surface area (Å²) in [7, 11) is 0. The van der Waals surface area contributed by atoms with Crippen molar-refractivity contribution in [2.75, 3.05) is 11.1 Å². The Kier molecular flexibility index (Phi) is 7.12. The summed E-state index contributed by atoms with van der Waals surface area (Å²) in [6.45, 7) is 4.06. The minimum Gasteiger partial charge on any atom is -0.324 e. The van der Waals surface area contributed by atoms with Gasteiger partial charge in [-0.2, -0.15) is 0 Å². The Morgan fingerprint density at radius 3 is 2.89 bits per heavy atom. The van der Waals surface area contributed by atoms with Crippen LogP contribution in [0.5, 0.6) is 0 Å². The number of amides is 1. The number of nitrogens with one attached hydrogen (secondary N) is 1. The van der Waals surface area contributed by atoms with E-state index in [2.05, 4.69) is 28.2 Å². The van der Waals surface area contributed by atoms with Crippen LogP contribution < -0.4 is 5.32 Å². The van der Waals surface area contributed by atoms with Gasteiger partial charge in [0.05, 0.1) is 16.0 Å². The predicted octanol–water partition coefficient (Wildman–Crippen LogP) is 4.96. The maximum atomic E-state index is 11.9. The second kappa shape index (κ2) is 8.08. The molecular formula is C13H17BrClNOS. The summed E-state index contributed by atoms with van der Waals surface area (Å²) < 4.78 is 0.899. The number of thioether (sulfide) groups is 1. The lowest BCUT2D eigenvalue weighted by Gasteiger charge is -2.12. The van der Waals surface area contributed by atoms with Crippen LogP contribution >= 0.6 is 39.3 Å². The highest BCUT2D eigenvalue weighted by Crippen LogP contribution is 2.26. The van der Waals surface area contributed by atoms with E-state index in [0.717, 1.165) is 23.1 Å². The molecule has 0 aromatic heterocycles. The molecule has 0 heterocycles. The number of carbonyl (C=O) groups is 1. The van der Waals surface area contributed by atoms with E-state index < -0.39 is 0 Å². The molecule has 0 aliphatic rings. The molecule has 0 saturated heterocycles. The van der Waals surface area contributed by atoms with Gasteiger partial charge in [0.25, 0.3) is 0 Å². The van der Waals surface area contributed by atoms with Gasteiger partial charge in [0.1, 0.15) is 0 Å². The average Bonchev–Trinajstić information content (AvgIpc) is 2.32. The first-order chi connectivity index (χ1) is 8.54. The topological polar surface area (TPSA) is 29.1 Å². The lowest BCUT2D eigenvalue weighted by atomic mass is 10.3. The van der Waals surface area contributed by atoms with Crippen molar-refractivity contribution in [3.8, 4) is 0 Å². The van der Waals surface area contributed by atoms with Crippen molar-refractivity contribution in [1.82, 2.24) is 0 Å². The first kappa shape index (κ1) is 15.9. The number of benzene rings is 1. The highest BCUT2D eigenvalue weighted by Gasteiger charge is 2.14. The van der Waals surface area contributed by atoms with Gasteiger partial charge in [0.2, 0.25) is 5.91 Å². The zero-order valence-electron chi connectivity index (χ0n) is 10.5. The molecule has 2 nitrogen and oxygen atoms in total. The number of halogens is 2. The fourth-order valence-electron chi connectivity index (χ4n) is 1.31. The third-order valence-corrected chi connectivity index (χ3v) is 4.47. The van der Waals surface area contributed by atoms with E-state index in [1.807, 2.05) is 13.0 Å². The van der Waals surface area contributed by atoms with Crippen molar-refractivity contribution >= 4 is 50.9 Å². The van der Waals surface area contributed by atoms with Gasteiger partial charge >= 0.3 is 0 Å². The van der Waals surface area contributed by atoms with Gasteiger partial charge in [0, 0.05) is 4.47 Å². The zero-order chi connectivity index (χ0) is 13.5. The fraction of sp³-hybridized carbons (Fsp3) is 0.462. The van der Waals surface area contributed by atoms with E-state index >= 15 is 0 Å². The van der Waals surface area contributed by atoms with E-state index in [9.17, 15) is 4.79 Å². The molecule has 1 atom stereocenters. The Bertz CT molecular complexity index is 414. The van der Waals surface area contributed by atoms with Crippen molar-refractivity contribution in [2.24, 2.45) is 0 Å². The van der Waals surface area contributed by atoms with Gasteiger partial charge in [0.15, 0.2) is 0 Å². The lowest BCUT2D eigenvalue weighted by Crippen LogP contribution is -2.22. The molecule has 0 fully saturated rings. The Hall–Kier alpha value is -0.190. The Morgan fingerprint density at radius 1 is 1.56 bits per heavy atom. The van der Waals surface area contributed by atoms with Crippen LogP contribution in [0, 0.1) is 0 Å². The first-order valence-corrected chi connectivity index (χ1v) is 8.14. The average molecular weight is 351 g/mol. The Morgan fingerprint density at radius 2 is 2.28 bits per heavy atom. The molecule has 1 N–H and O–H groups in total. The van der Waals surface area contributed by atoms with Crippen molar-refractivity contribution in [1.29, 1.82) is 0 Å². The van der Waals surface area contributed by atoms with Crippen LogP contribution in [0.3, 0.4) is 0 Å².